The van der Waals surface area contributed by atoms with Crippen LogP contribution in [0, 0.1) is 18.8 Å². The highest BCUT2D eigenvalue weighted by atomic mass is 16.5. The minimum atomic E-state index is 0.00809. The molecule has 75 heavy (non-hydrogen) atoms. The van der Waals surface area contributed by atoms with Gasteiger partial charge in [-0.15, -0.1) is 0 Å². The van der Waals surface area contributed by atoms with Crippen molar-refractivity contribution in [3.8, 4) is 0 Å². The van der Waals surface area contributed by atoms with E-state index < -0.39 is 0 Å². The van der Waals surface area contributed by atoms with Gasteiger partial charge in [-0.2, -0.15) is 0 Å². The topological polar surface area (TPSA) is 73.7 Å². The number of hydrogen-bond acceptors (Lipinski definition) is 6. The highest BCUT2D eigenvalue weighted by Crippen LogP contribution is 2.24. The second-order valence-corrected chi connectivity index (χ2v) is 23.6. The van der Waals surface area contributed by atoms with Crippen LogP contribution in [0.15, 0.2) is 24.7 Å². The van der Waals surface area contributed by atoms with Crippen molar-refractivity contribution in [3.63, 3.8) is 0 Å². The van der Waals surface area contributed by atoms with Gasteiger partial charge in [0, 0.05) is 38.2 Å². The summed E-state index contributed by atoms with van der Waals surface area (Å²) in [6.07, 6.45) is 66.9. The molecule has 7 heteroatoms. The van der Waals surface area contributed by atoms with E-state index in [4.69, 9.17) is 9.47 Å². The van der Waals surface area contributed by atoms with Gasteiger partial charge in [-0.25, -0.2) is 4.98 Å². The lowest BCUT2D eigenvalue weighted by molar-refractivity contribution is -0.146. The van der Waals surface area contributed by atoms with Crippen molar-refractivity contribution in [1.29, 1.82) is 0 Å². The van der Waals surface area contributed by atoms with Gasteiger partial charge in [0.2, 0.25) is 0 Å². The summed E-state index contributed by atoms with van der Waals surface area (Å²) in [7, 11) is 0. The van der Waals surface area contributed by atoms with Crippen LogP contribution < -0.4 is 0 Å². The summed E-state index contributed by atoms with van der Waals surface area (Å²) < 4.78 is 14.1. The predicted molar refractivity (Wildman–Crippen MR) is 326 cm³/mol. The Labute approximate surface area is 467 Å². The fraction of sp³-hybridized carbons (Fsp3) is 0.897. The van der Waals surface area contributed by atoms with E-state index in [1.807, 2.05) is 6.33 Å². The number of esters is 2. The summed E-state index contributed by atoms with van der Waals surface area (Å²) in [5, 5.41) is 0. The first-order valence-electron chi connectivity index (χ1n) is 33.5. The number of imidazole rings is 1. The molecule has 0 amide bonds. The molecule has 0 saturated heterocycles. The summed E-state index contributed by atoms with van der Waals surface area (Å²) in [6, 6.07) is 0.646. The molecular weight excluding hydrogens is 923 g/mol. The van der Waals surface area contributed by atoms with Crippen molar-refractivity contribution < 1.29 is 19.1 Å². The third-order valence-corrected chi connectivity index (χ3v) is 16.2. The molecule has 1 aromatic heterocycles. The quantitative estimate of drug-likeness (QED) is 0.0368. The lowest BCUT2D eigenvalue weighted by atomic mass is 9.95. The summed E-state index contributed by atoms with van der Waals surface area (Å²) in [6.45, 7) is 18.1. The second-order valence-electron chi connectivity index (χ2n) is 23.6. The SMILES string of the molecule is CCC/C=C/CC(CCCCCCCC)COC(=O)CCCCCCCCC(CCCCCCCCC(=O)OCC(CCCCCC)CCCCCCCC)N(CCCCCCCCCC)CCCn1cnc(C)c1. The molecule has 0 saturated carbocycles. The number of allylic oxidation sites excluding steroid dienone is 2. The Balaban J connectivity index is 2.66. The first kappa shape index (κ1) is 70.9. The van der Waals surface area contributed by atoms with Crippen LogP contribution in [0.25, 0.3) is 0 Å². The molecule has 440 valence electrons. The van der Waals surface area contributed by atoms with Crippen molar-refractivity contribution in [2.75, 3.05) is 26.3 Å². The molecule has 0 bridgehead atoms. The molecule has 1 aromatic rings. The third-order valence-electron chi connectivity index (χ3n) is 16.2. The molecule has 0 aliphatic carbocycles. The number of aryl methyl sites for hydroxylation is 2. The zero-order valence-electron chi connectivity index (χ0n) is 51.3. The average Bonchev–Trinajstić information content (AvgIpc) is 3.83. The number of ether oxygens (including phenoxy) is 2. The van der Waals surface area contributed by atoms with Crippen molar-refractivity contribution in [3.05, 3.63) is 30.4 Å². The molecule has 1 rings (SSSR count). The van der Waals surface area contributed by atoms with Gasteiger partial charge in [-0.3, -0.25) is 9.59 Å². The van der Waals surface area contributed by atoms with E-state index in [9.17, 15) is 9.59 Å². The minimum Gasteiger partial charge on any atom is -0.465 e. The Hall–Kier alpha value is -2.15. The molecular formula is C68H129N3O4. The largest absolute Gasteiger partial charge is 0.465 e. The van der Waals surface area contributed by atoms with E-state index in [1.165, 1.54) is 264 Å². The number of carbonyl (C=O) groups excluding carboxylic acids is 2. The van der Waals surface area contributed by atoms with Gasteiger partial charge in [0.25, 0.3) is 0 Å². The van der Waals surface area contributed by atoms with Gasteiger partial charge in [0.15, 0.2) is 0 Å². The monoisotopic (exact) mass is 1050 g/mol. The highest BCUT2D eigenvalue weighted by Gasteiger charge is 2.19. The van der Waals surface area contributed by atoms with Crippen LogP contribution >= 0.6 is 0 Å². The molecule has 0 aromatic carbocycles. The Morgan fingerprint density at radius 2 is 0.853 bits per heavy atom. The fourth-order valence-corrected chi connectivity index (χ4v) is 11.2. The molecule has 0 aliphatic rings. The maximum atomic E-state index is 12.8. The number of rotatable bonds is 59. The van der Waals surface area contributed by atoms with E-state index in [1.54, 1.807) is 0 Å². The molecule has 3 unspecified atom stereocenters. The predicted octanol–water partition coefficient (Wildman–Crippen LogP) is 21.2. The van der Waals surface area contributed by atoms with E-state index in [0.29, 0.717) is 43.9 Å². The number of aromatic nitrogens is 2. The van der Waals surface area contributed by atoms with Crippen LogP contribution in [0.3, 0.4) is 0 Å². The van der Waals surface area contributed by atoms with Gasteiger partial charge in [-0.05, 0) is 95.9 Å². The molecule has 0 aliphatic heterocycles. The van der Waals surface area contributed by atoms with Crippen molar-refractivity contribution in [1.82, 2.24) is 14.5 Å². The second kappa shape index (κ2) is 55.2. The zero-order chi connectivity index (χ0) is 54.3. The molecule has 0 fully saturated rings. The normalized spacial score (nSPS) is 13.1. The average molecular weight is 1050 g/mol. The zero-order valence-corrected chi connectivity index (χ0v) is 51.3. The maximum absolute atomic E-state index is 12.8. The molecule has 7 nitrogen and oxygen atoms in total. The Kier molecular flexibility index (Phi) is 52.1. The molecule has 0 spiro atoms. The number of nitrogens with zero attached hydrogens (tertiary/aromatic N) is 3. The Morgan fingerprint density at radius 1 is 0.467 bits per heavy atom. The summed E-state index contributed by atoms with van der Waals surface area (Å²) >= 11 is 0. The van der Waals surface area contributed by atoms with Crippen molar-refractivity contribution >= 4 is 11.9 Å². The molecule has 0 radical (unpaired) electrons. The summed E-state index contributed by atoms with van der Waals surface area (Å²) in [4.78, 5) is 33.1. The van der Waals surface area contributed by atoms with Gasteiger partial charge >= 0.3 is 11.9 Å². The minimum absolute atomic E-state index is 0.00809. The number of carbonyl (C=O) groups is 2. The molecule has 0 N–H and O–H groups in total. The van der Waals surface area contributed by atoms with Gasteiger partial charge in [0.1, 0.15) is 0 Å². The smallest absolute Gasteiger partial charge is 0.305 e. The Morgan fingerprint density at radius 3 is 1.31 bits per heavy atom. The van der Waals surface area contributed by atoms with Gasteiger partial charge < -0.3 is 18.9 Å². The van der Waals surface area contributed by atoms with Crippen LogP contribution in [0.2, 0.25) is 0 Å². The number of hydrogen-bond donors (Lipinski definition) is 0. The van der Waals surface area contributed by atoms with Crippen LogP contribution in [-0.4, -0.2) is 58.7 Å². The number of unbranched alkanes of at least 4 members (excludes halogenated alkanes) is 31. The van der Waals surface area contributed by atoms with Crippen molar-refractivity contribution in [2.24, 2.45) is 11.8 Å². The first-order valence-corrected chi connectivity index (χ1v) is 33.5. The lowest BCUT2D eigenvalue weighted by Crippen LogP contribution is -2.37. The molecule has 3 atom stereocenters. The highest BCUT2D eigenvalue weighted by molar-refractivity contribution is 5.69. The van der Waals surface area contributed by atoms with Crippen LogP contribution in [-0.2, 0) is 25.6 Å². The van der Waals surface area contributed by atoms with E-state index >= 15 is 0 Å². The maximum Gasteiger partial charge on any atom is 0.305 e. The van der Waals surface area contributed by atoms with E-state index in [2.05, 4.69) is 74.3 Å². The van der Waals surface area contributed by atoms with Crippen LogP contribution in [0.5, 0.6) is 0 Å². The van der Waals surface area contributed by atoms with Gasteiger partial charge in [0.05, 0.1) is 25.2 Å². The van der Waals surface area contributed by atoms with E-state index in [0.717, 1.165) is 50.8 Å². The van der Waals surface area contributed by atoms with E-state index in [-0.39, 0.29) is 11.9 Å². The third kappa shape index (κ3) is 46.5. The fourth-order valence-electron chi connectivity index (χ4n) is 11.2. The Bertz CT molecular complexity index is 1380. The van der Waals surface area contributed by atoms with Crippen LogP contribution in [0.1, 0.15) is 342 Å². The van der Waals surface area contributed by atoms with Crippen molar-refractivity contribution in [2.45, 2.75) is 356 Å². The molecule has 1 heterocycles. The summed E-state index contributed by atoms with van der Waals surface area (Å²) in [5.41, 5.74) is 1.10. The standard InChI is InChI=1S/C68H129N3O4/c1-7-12-17-22-25-30-37-46-57-71(58-47-56-70-59-63(6)69-62-70)66(52-42-33-26-28-35-44-54-67(72)74-60-64(48-38-20-15-10-4)50-40-31-23-18-13-8-2)53-43-34-27-29-36-45-55-68(73)75-61-65(49-39-21-16-11-5)51-41-32-24-19-14-9-3/h20,38,59,62,64-66H,7-19,21-37,39-58,60-61H2,1-6H3/b38-20+. The van der Waals surface area contributed by atoms with Gasteiger partial charge in [-0.1, -0.05) is 265 Å². The summed E-state index contributed by atoms with van der Waals surface area (Å²) in [5.74, 6) is 1.03. The van der Waals surface area contributed by atoms with Crippen LogP contribution in [0.4, 0.5) is 0 Å². The first-order chi connectivity index (χ1) is 36.9. The lowest BCUT2D eigenvalue weighted by Gasteiger charge is -2.32.